The molecule has 0 unspecified atom stereocenters. The van der Waals surface area contributed by atoms with E-state index in [1.807, 2.05) is 0 Å². The molecule has 1 aromatic carbocycles. The fourth-order valence-corrected chi connectivity index (χ4v) is 2.30. The lowest BCUT2D eigenvalue weighted by Crippen LogP contribution is -2.49. The summed E-state index contributed by atoms with van der Waals surface area (Å²) < 4.78 is 10.5. The third-order valence-corrected chi connectivity index (χ3v) is 3.55. The number of carbonyl (C=O) groups is 1. The average molecular weight is 367 g/mol. The van der Waals surface area contributed by atoms with Crippen molar-refractivity contribution in [2.75, 3.05) is 19.2 Å². The number of amides is 1. The van der Waals surface area contributed by atoms with E-state index in [0.717, 1.165) is 0 Å². The molecule has 24 heavy (non-hydrogen) atoms. The van der Waals surface area contributed by atoms with Crippen LogP contribution in [0.1, 0.15) is 10.4 Å². The maximum atomic E-state index is 12.4. The van der Waals surface area contributed by atoms with Gasteiger partial charge in [0.15, 0.2) is 5.11 Å². The first-order valence-corrected chi connectivity index (χ1v) is 7.48. The lowest BCUT2D eigenvalue weighted by atomic mass is 10.2. The van der Waals surface area contributed by atoms with Crippen molar-refractivity contribution in [1.29, 1.82) is 0 Å². The number of carbonyl (C=O) groups excluding carboxylic acids is 1. The molecular weight excluding hydrogens is 352 g/mol. The van der Waals surface area contributed by atoms with Gasteiger partial charge in [0.1, 0.15) is 17.2 Å². The molecule has 2 rings (SSSR count). The molecule has 0 aliphatic rings. The van der Waals surface area contributed by atoms with Crippen LogP contribution in [0.4, 0.5) is 5.69 Å². The molecule has 0 spiro atoms. The van der Waals surface area contributed by atoms with Gasteiger partial charge in [0.25, 0.3) is 5.91 Å². The zero-order chi connectivity index (χ0) is 17.7. The van der Waals surface area contributed by atoms with Crippen molar-refractivity contribution >= 4 is 40.5 Å². The van der Waals surface area contributed by atoms with Gasteiger partial charge in [-0.1, -0.05) is 11.6 Å². The first kappa shape index (κ1) is 17.8. The maximum Gasteiger partial charge on any atom is 0.270 e. The Hall–Kier alpha value is -2.58. The minimum absolute atomic E-state index is 0.0833. The number of nitrogens with one attached hydrogen (secondary N) is 1. The van der Waals surface area contributed by atoms with E-state index in [9.17, 15) is 4.79 Å². The number of nitrogens with zero attached hydrogens (tertiary/aromatic N) is 2. The van der Waals surface area contributed by atoms with E-state index >= 15 is 0 Å². The van der Waals surface area contributed by atoms with Gasteiger partial charge in [-0.15, -0.1) is 0 Å². The number of aromatic nitrogens is 1. The summed E-state index contributed by atoms with van der Waals surface area (Å²) in [5.41, 5.74) is 9.14. The highest BCUT2D eigenvalue weighted by molar-refractivity contribution is 7.80. The van der Waals surface area contributed by atoms with Gasteiger partial charge in [-0.05, 0) is 24.4 Å². The van der Waals surface area contributed by atoms with Gasteiger partial charge in [0.05, 0.1) is 19.2 Å². The Morgan fingerprint density at radius 3 is 2.42 bits per heavy atom. The van der Waals surface area contributed by atoms with Gasteiger partial charge in [-0.3, -0.25) is 15.2 Å². The van der Waals surface area contributed by atoms with Crippen LogP contribution < -0.4 is 25.6 Å². The van der Waals surface area contributed by atoms with Crippen molar-refractivity contribution < 1.29 is 14.3 Å². The minimum atomic E-state index is -0.416. The van der Waals surface area contributed by atoms with Crippen molar-refractivity contribution in [3.63, 3.8) is 0 Å². The molecule has 0 saturated carbocycles. The number of pyridine rings is 1. The largest absolute Gasteiger partial charge is 0.495 e. The summed E-state index contributed by atoms with van der Waals surface area (Å²) in [7, 11) is 2.93. The summed E-state index contributed by atoms with van der Waals surface area (Å²) in [6.07, 6.45) is 3.01. The highest BCUT2D eigenvalue weighted by Gasteiger charge is 2.20. The quantitative estimate of drug-likeness (QED) is 0.633. The van der Waals surface area contributed by atoms with Crippen molar-refractivity contribution in [2.45, 2.75) is 0 Å². The predicted octanol–water partition coefficient (Wildman–Crippen LogP) is 2.15. The Kier molecular flexibility index (Phi) is 5.78. The van der Waals surface area contributed by atoms with Crippen molar-refractivity contribution in [1.82, 2.24) is 10.4 Å². The summed E-state index contributed by atoms with van der Waals surface area (Å²) >= 11 is 11.1. The summed E-state index contributed by atoms with van der Waals surface area (Å²) in [6, 6.07) is 6.23. The zero-order valence-corrected chi connectivity index (χ0v) is 14.5. The fraction of sp³-hybridized carbons (Fsp3) is 0.133. The highest BCUT2D eigenvalue weighted by Crippen LogP contribution is 2.37. The number of methoxy groups -OCH3 is 2. The number of hydrogen-bond acceptors (Lipinski definition) is 5. The molecule has 3 N–H and O–H groups in total. The van der Waals surface area contributed by atoms with Crippen LogP contribution in [-0.4, -0.2) is 30.2 Å². The van der Waals surface area contributed by atoms with Crippen LogP contribution >= 0.6 is 23.8 Å². The Balaban J connectivity index is 2.41. The van der Waals surface area contributed by atoms with E-state index in [1.54, 1.807) is 24.3 Å². The summed E-state index contributed by atoms with van der Waals surface area (Å²) in [4.78, 5) is 16.2. The molecule has 0 radical (unpaired) electrons. The summed E-state index contributed by atoms with van der Waals surface area (Å²) in [6.45, 7) is 0. The number of hydrazine groups is 1. The molecule has 126 valence electrons. The molecule has 0 saturated heterocycles. The van der Waals surface area contributed by atoms with Crippen LogP contribution in [0, 0.1) is 0 Å². The normalized spacial score (nSPS) is 9.96. The first-order chi connectivity index (χ1) is 11.5. The van der Waals surface area contributed by atoms with Crippen LogP contribution in [0.3, 0.4) is 0 Å². The minimum Gasteiger partial charge on any atom is -0.495 e. The molecule has 1 amide bonds. The number of benzene rings is 1. The van der Waals surface area contributed by atoms with E-state index in [4.69, 9.17) is 39.0 Å². The summed E-state index contributed by atoms with van der Waals surface area (Å²) in [5, 5.41) is 1.48. The molecule has 2 aromatic rings. The van der Waals surface area contributed by atoms with Gasteiger partial charge in [-0.2, -0.15) is 0 Å². The Morgan fingerprint density at radius 1 is 1.25 bits per heavy atom. The topological polar surface area (TPSA) is 89.7 Å². The summed E-state index contributed by atoms with van der Waals surface area (Å²) in [5.74, 6) is 0.330. The molecule has 0 fully saturated rings. The first-order valence-electron chi connectivity index (χ1n) is 6.70. The van der Waals surface area contributed by atoms with E-state index < -0.39 is 5.91 Å². The monoisotopic (exact) mass is 366 g/mol. The Labute approximate surface area is 149 Å². The number of thiocarbonyl (C=S) groups is 1. The van der Waals surface area contributed by atoms with E-state index in [1.165, 1.54) is 31.6 Å². The van der Waals surface area contributed by atoms with Gasteiger partial charge in [0, 0.05) is 30.1 Å². The molecule has 0 atom stereocenters. The van der Waals surface area contributed by atoms with Crippen LogP contribution in [0.15, 0.2) is 36.7 Å². The van der Waals surface area contributed by atoms with Gasteiger partial charge in [-0.25, -0.2) is 5.01 Å². The molecule has 0 aliphatic heterocycles. The molecule has 7 nitrogen and oxygen atoms in total. The SMILES string of the molecule is COc1cc(N(NC(=O)c2ccncc2)C(N)=S)c(OC)cc1Cl. The van der Waals surface area contributed by atoms with Crippen LogP contribution in [0.5, 0.6) is 11.5 Å². The molecule has 1 aromatic heterocycles. The number of ether oxygens (including phenoxy) is 2. The number of anilines is 1. The molecule has 0 aliphatic carbocycles. The molecule has 0 bridgehead atoms. The highest BCUT2D eigenvalue weighted by atomic mass is 35.5. The van der Waals surface area contributed by atoms with E-state index in [0.29, 0.717) is 27.8 Å². The van der Waals surface area contributed by atoms with Crippen LogP contribution in [0.2, 0.25) is 5.02 Å². The predicted molar refractivity (Wildman–Crippen MR) is 95.5 cm³/mol. The fourth-order valence-electron chi connectivity index (χ4n) is 1.92. The number of halogens is 1. The lowest BCUT2D eigenvalue weighted by Gasteiger charge is -2.25. The maximum absolute atomic E-state index is 12.4. The number of hydrogen-bond donors (Lipinski definition) is 2. The second-order valence-electron chi connectivity index (χ2n) is 4.51. The standard InChI is InChI=1S/C15H15ClN4O3S/c1-22-12-8-11(13(23-2)7-10(12)16)20(15(17)24)19-14(21)9-3-5-18-6-4-9/h3-8H,1-2H3,(H2,17,24)(H,19,21). The van der Waals surface area contributed by atoms with Crippen molar-refractivity contribution in [2.24, 2.45) is 5.73 Å². The molecule has 1 heterocycles. The van der Waals surface area contributed by atoms with Gasteiger partial charge in [0.2, 0.25) is 0 Å². The van der Waals surface area contributed by atoms with Crippen molar-refractivity contribution in [3.8, 4) is 11.5 Å². The van der Waals surface area contributed by atoms with Gasteiger partial charge < -0.3 is 15.2 Å². The van der Waals surface area contributed by atoms with Gasteiger partial charge >= 0.3 is 0 Å². The van der Waals surface area contributed by atoms with Crippen molar-refractivity contribution in [3.05, 3.63) is 47.2 Å². The number of nitrogens with two attached hydrogens (primary N) is 1. The second kappa shape index (κ2) is 7.80. The smallest absolute Gasteiger partial charge is 0.270 e. The third-order valence-electron chi connectivity index (χ3n) is 3.07. The Morgan fingerprint density at radius 2 is 1.88 bits per heavy atom. The second-order valence-corrected chi connectivity index (χ2v) is 5.33. The average Bonchev–Trinajstić information content (AvgIpc) is 2.59. The molecular formula is C15H15ClN4O3S. The zero-order valence-electron chi connectivity index (χ0n) is 12.9. The lowest BCUT2D eigenvalue weighted by molar-refractivity contribution is 0.0954. The van der Waals surface area contributed by atoms with Crippen LogP contribution in [-0.2, 0) is 0 Å². The Bertz CT molecular complexity index is 758. The number of rotatable bonds is 4. The third kappa shape index (κ3) is 3.84. The molecule has 9 heteroatoms. The van der Waals surface area contributed by atoms with E-state index in [-0.39, 0.29) is 5.11 Å². The van der Waals surface area contributed by atoms with E-state index in [2.05, 4.69) is 10.4 Å². The van der Waals surface area contributed by atoms with Crippen LogP contribution in [0.25, 0.3) is 0 Å².